The molecule has 0 spiro atoms. The molecule has 0 aliphatic carbocycles. The molecule has 0 amide bonds. The molecule has 3 rings (SSSR count). The molecule has 3 aromatic heterocycles. The Balaban J connectivity index is 2.68. The van der Waals surface area contributed by atoms with Gasteiger partial charge in [-0.3, -0.25) is 0 Å². The zero-order chi connectivity index (χ0) is 7.97. The van der Waals surface area contributed by atoms with Crippen LogP contribution in [0.25, 0.3) is 16.9 Å². The van der Waals surface area contributed by atoms with Crippen LogP contribution in [-0.4, -0.2) is 29.5 Å². The van der Waals surface area contributed by atoms with Crippen LogP contribution in [0.5, 0.6) is 0 Å². The summed E-state index contributed by atoms with van der Waals surface area (Å²) in [5.41, 5.74) is 1.54. The van der Waals surface area contributed by atoms with Crippen LogP contribution < -0.4 is 0 Å². The average molecular weight is 160 g/mol. The molecular weight excluding hydrogens is 156 g/mol. The number of fused-ring (bicyclic) bond motifs is 3. The van der Waals surface area contributed by atoms with Crippen molar-refractivity contribution in [1.29, 1.82) is 0 Å². The molecular formula is C6H4N6. The minimum atomic E-state index is 0.686. The molecule has 12 heavy (non-hydrogen) atoms. The van der Waals surface area contributed by atoms with Gasteiger partial charge in [0.1, 0.15) is 18.2 Å². The van der Waals surface area contributed by atoms with Crippen molar-refractivity contribution >= 4 is 16.9 Å². The van der Waals surface area contributed by atoms with Crippen molar-refractivity contribution in [2.24, 2.45) is 0 Å². The Labute approximate surface area is 66.3 Å². The van der Waals surface area contributed by atoms with Crippen LogP contribution in [0.4, 0.5) is 0 Å². The molecule has 0 radical (unpaired) electrons. The number of H-pyrrole nitrogens is 1. The number of aromatic nitrogens is 6. The Morgan fingerprint density at radius 3 is 3.42 bits per heavy atom. The van der Waals surface area contributed by atoms with Crippen molar-refractivity contribution < 1.29 is 0 Å². The van der Waals surface area contributed by atoms with E-state index in [0.29, 0.717) is 5.78 Å². The second kappa shape index (κ2) is 1.79. The fourth-order valence-electron chi connectivity index (χ4n) is 1.18. The summed E-state index contributed by atoms with van der Waals surface area (Å²) in [6, 6.07) is 0. The molecule has 58 valence electrons. The number of nitrogens with zero attached hydrogens (tertiary/aromatic N) is 5. The lowest BCUT2D eigenvalue weighted by atomic mass is 10.6. The highest BCUT2D eigenvalue weighted by Crippen LogP contribution is 2.08. The standard InChI is InChI=1S/C6H4N6/c1-4-5(8-2-7-1)12-3-9-11-6(12)10-4/h1-3H,(H,10,11). The van der Waals surface area contributed by atoms with Gasteiger partial charge in [0.25, 0.3) is 0 Å². The molecule has 0 aromatic carbocycles. The van der Waals surface area contributed by atoms with E-state index in [4.69, 9.17) is 0 Å². The summed E-state index contributed by atoms with van der Waals surface area (Å²) in [5.74, 6) is 0.686. The fourth-order valence-corrected chi connectivity index (χ4v) is 1.18. The van der Waals surface area contributed by atoms with E-state index in [0.717, 1.165) is 11.2 Å². The summed E-state index contributed by atoms with van der Waals surface area (Å²) in [5, 5.41) is 6.57. The first-order chi connectivity index (χ1) is 5.95. The molecule has 0 unspecified atom stereocenters. The normalized spacial score (nSPS) is 11.3. The third-order valence-electron chi connectivity index (χ3n) is 1.69. The Kier molecular flexibility index (Phi) is 0.840. The van der Waals surface area contributed by atoms with E-state index in [1.807, 2.05) is 0 Å². The SMILES string of the molecule is c1ncc2nc3[nH]ncn3c2n1. The molecule has 3 aromatic rings. The van der Waals surface area contributed by atoms with Gasteiger partial charge in [-0.05, 0) is 0 Å². The molecule has 0 saturated carbocycles. The first-order valence-electron chi connectivity index (χ1n) is 3.42. The third kappa shape index (κ3) is 0.541. The van der Waals surface area contributed by atoms with Gasteiger partial charge in [0, 0.05) is 0 Å². The summed E-state index contributed by atoms with van der Waals surface area (Å²) in [7, 11) is 0. The maximum absolute atomic E-state index is 4.20. The van der Waals surface area contributed by atoms with Gasteiger partial charge >= 0.3 is 0 Å². The molecule has 0 aliphatic heterocycles. The van der Waals surface area contributed by atoms with Gasteiger partial charge in [-0.25, -0.2) is 24.5 Å². The minimum absolute atomic E-state index is 0.686. The van der Waals surface area contributed by atoms with Crippen molar-refractivity contribution in [3.8, 4) is 0 Å². The van der Waals surface area contributed by atoms with Gasteiger partial charge in [0.2, 0.25) is 5.78 Å². The van der Waals surface area contributed by atoms with Crippen LogP contribution in [0.1, 0.15) is 0 Å². The number of rotatable bonds is 0. The highest BCUT2D eigenvalue weighted by atomic mass is 15.3. The Bertz CT molecular complexity index is 534. The lowest BCUT2D eigenvalue weighted by Gasteiger charge is -1.83. The highest BCUT2D eigenvalue weighted by molar-refractivity contribution is 5.73. The molecule has 0 atom stereocenters. The summed E-state index contributed by atoms with van der Waals surface area (Å²) in [6.45, 7) is 0. The maximum atomic E-state index is 4.20. The maximum Gasteiger partial charge on any atom is 0.231 e. The number of hydrogen-bond acceptors (Lipinski definition) is 4. The zero-order valence-electron chi connectivity index (χ0n) is 5.97. The number of nitrogens with one attached hydrogen (secondary N) is 1. The van der Waals surface area contributed by atoms with E-state index >= 15 is 0 Å². The zero-order valence-corrected chi connectivity index (χ0v) is 5.97. The van der Waals surface area contributed by atoms with Gasteiger partial charge < -0.3 is 0 Å². The van der Waals surface area contributed by atoms with Crippen molar-refractivity contribution in [3.05, 3.63) is 18.9 Å². The van der Waals surface area contributed by atoms with Crippen LogP contribution in [0, 0.1) is 0 Å². The minimum Gasteiger partial charge on any atom is -0.249 e. The van der Waals surface area contributed by atoms with Crippen LogP contribution >= 0.6 is 0 Å². The molecule has 0 fully saturated rings. The molecule has 0 bridgehead atoms. The topological polar surface area (TPSA) is 71.8 Å². The Morgan fingerprint density at radius 1 is 1.42 bits per heavy atom. The first-order valence-corrected chi connectivity index (χ1v) is 3.42. The van der Waals surface area contributed by atoms with E-state index in [9.17, 15) is 0 Å². The van der Waals surface area contributed by atoms with Gasteiger partial charge in [0.05, 0.1) is 6.20 Å². The average Bonchev–Trinajstić information content (AvgIpc) is 2.62. The molecule has 0 saturated heterocycles. The third-order valence-corrected chi connectivity index (χ3v) is 1.69. The van der Waals surface area contributed by atoms with Crippen molar-refractivity contribution in [2.45, 2.75) is 0 Å². The second-order valence-corrected chi connectivity index (χ2v) is 2.39. The van der Waals surface area contributed by atoms with Gasteiger partial charge in [-0.2, -0.15) is 5.10 Å². The monoisotopic (exact) mass is 160 g/mol. The van der Waals surface area contributed by atoms with E-state index in [-0.39, 0.29) is 0 Å². The van der Waals surface area contributed by atoms with Crippen molar-refractivity contribution in [1.82, 2.24) is 29.5 Å². The second-order valence-electron chi connectivity index (χ2n) is 2.39. The highest BCUT2D eigenvalue weighted by Gasteiger charge is 2.04. The van der Waals surface area contributed by atoms with E-state index in [2.05, 4.69) is 25.1 Å². The van der Waals surface area contributed by atoms with E-state index in [1.165, 1.54) is 6.33 Å². The summed E-state index contributed by atoms with van der Waals surface area (Å²) in [4.78, 5) is 12.1. The largest absolute Gasteiger partial charge is 0.249 e. The van der Waals surface area contributed by atoms with E-state index < -0.39 is 0 Å². The predicted molar refractivity (Wildman–Crippen MR) is 40.4 cm³/mol. The van der Waals surface area contributed by atoms with Gasteiger partial charge in [-0.1, -0.05) is 0 Å². The smallest absolute Gasteiger partial charge is 0.231 e. The molecule has 1 N–H and O–H groups in total. The summed E-state index contributed by atoms with van der Waals surface area (Å²) < 4.78 is 1.77. The predicted octanol–water partition coefficient (Wildman–Crippen LogP) is 0.000600. The summed E-state index contributed by atoms with van der Waals surface area (Å²) in [6.07, 6.45) is 4.80. The van der Waals surface area contributed by atoms with Gasteiger partial charge in [0.15, 0.2) is 5.65 Å². The molecule has 0 aliphatic rings. The van der Waals surface area contributed by atoms with Crippen LogP contribution in [0.2, 0.25) is 0 Å². The summed E-state index contributed by atoms with van der Waals surface area (Å²) >= 11 is 0. The van der Waals surface area contributed by atoms with Crippen LogP contribution in [0.3, 0.4) is 0 Å². The lowest BCUT2D eigenvalue weighted by Crippen LogP contribution is -1.82. The van der Waals surface area contributed by atoms with Crippen LogP contribution in [-0.2, 0) is 0 Å². The Hall–Kier alpha value is -1.98. The fraction of sp³-hybridized carbons (Fsp3) is 0. The molecule has 6 heteroatoms. The lowest BCUT2D eigenvalue weighted by molar-refractivity contribution is 1.09. The number of imidazole rings is 1. The number of hydrogen-bond donors (Lipinski definition) is 1. The number of aromatic amines is 1. The van der Waals surface area contributed by atoms with Crippen molar-refractivity contribution in [2.75, 3.05) is 0 Å². The van der Waals surface area contributed by atoms with Crippen LogP contribution in [0.15, 0.2) is 18.9 Å². The Morgan fingerprint density at radius 2 is 2.42 bits per heavy atom. The van der Waals surface area contributed by atoms with E-state index in [1.54, 1.807) is 16.9 Å². The molecule has 6 nitrogen and oxygen atoms in total. The van der Waals surface area contributed by atoms with Crippen molar-refractivity contribution in [3.63, 3.8) is 0 Å². The molecule has 3 heterocycles. The first kappa shape index (κ1) is 5.64. The van der Waals surface area contributed by atoms with Gasteiger partial charge in [-0.15, -0.1) is 0 Å². The quantitative estimate of drug-likeness (QED) is 0.502.